The summed E-state index contributed by atoms with van der Waals surface area (Å²) in [7, 11) is 2.71. The van der Waals surface area contributed by atoms with Gasteiger partial charge in [0.05, 0.1) is 0 Å². The van der Waals surface area contributed by atoms with Gasteiger partial charge in [0.15, 0.2) is 0 Å². The average Bonchev–Trinajstić information content (AvgIpc) is 2.67. The van der Waals surface area contributed by atoms with Gasteiger partial charge in [-0.1, -0.05) is 44.9 Å². The molecule has 0 amide bonds. The van der Waals surface area contributed by atoms with Gasteiger partial charge in [0, 0.05) is 0 Å². The first kappa shape index (κ1) is 16.4. The second kappa shape index (κ2) is 8.47. The van der Waals surface area contributed by atoms with E-state index in [1.807, 2.05) is 0 Å². The Kier molecular flexibility index (Phi) is 9.25. The van der Waals surface area contributed by atoms with Crippen LogP contribution in [0.25, 0.3) is 0 Å². The van der Waals surface area contributed by atoms with E-state index in [2.05, 4.69) is 52.3 Å². The molecular weight excluding hydrogens is 262 g/mol. The first-order chi connectivity index (χ1) is 6.61. The molecule has 0 N–H and O–H groups in total. The van der Waals surface area contributed by atoms with E-state index in [1.165, 1.54) is 40.8 Å². The van der Waals surface area contributed by atoms with E-state index >= 15 is 0 Å². The van der Waals surface area contributed by atoms with Gasteiger partial charge >= 0.3 is 17.1 Å². The van der Waals surface area contributed by atoms with Crippen LogP contribution in [0.2, 0.25) is 0 Å². The second-order valence-electron chi connectivity index (χ2n) is 3.55. The first-order valence-corrected chi connectivity index (χ1v) is 6.75. The number of hydrogen-bond donors (Lipinski definition) is 0. The Labute approximate surface area is 110 Å². The van der Waals surface area contributed by atoms with Crippen LogP contribution in [0.3, 0.4) is 0 Å². The average molecular weight is 278 g/mol. The maximum absolute atomic E-state index is 2.22. The van der Waals surface area contributed by atoms with Gasteiger partial charge in [0.1, 0.15) is 0 Å². The van der Waals surface area contributed by atoms with Crippen LogP contribution in [-0.4, -0.2) is 0 Å². The van der Waals surface area contributed by atoms with Gasteiger partial charge in [-0.05, 0) is 48.3 Å². The van der Waals surface area contributed by atoms with Crippen molar-refractivity contribution >= 4 is 17.2 Å². The van der Waals surface area contributed by atoms with E-state index in [-0.39, 0.29) is 17.1 Å². The summed E-state index contributed by atoms with van der Waals surface area (Å²) in [6.07, 6.45) is 8.87. The van der Waals surface area contributed by atoms with E-state index in [0.29, 0.717) is 0 Å². The number of hydrogen-bond acceptors (Lipinski definition) is 0. The molecule has 0 aromatic rings. The van der Waals surface area contributed by atoms with E-state index < -0.39 is 0 Å². The summed E-state index contributed by atoms with van der Waals surface area (Å²) >= 11 is 0. The molecule has 3 heteroatoms. The zero-order chi connectivity index (χ0) is 10.6. The fourth-order valence-corrected chi connectivity index (χ4v) is 2.79. The van der Waals surface area contributed by atoms with Crippen molar-refractivity contribution in [3.8, 4) is 0 Å². The minimum Gasteiger partial charge on any atom is -0.0715 e. The van der Waals surface area contributed by atoms with Gasteiger partial charge in [-0.25, -0.2) is 0 Å². The summed E-state index contributed by atoms with van der Waals surface area (Å²) in [5, 5.41) is 0. The van der Waals surface area contributed by atoms with Gasteiger partial charge in [0.25, 0.3) is 0 Å². The Morgan fingerprint density at radius 1 is 0.600 bits per heavy atom. The van der Waals surface area contributed by atoms with Crippen molar-refractivity contribution in [1.29, 1.82) is 0 Å². The molecule has 2 heterocycles. The van der Waals surface area contributed by atoms with Crippen molar-refractivity contribution in [3.05, 3.63) is 48.3 Å². The molecule has 0 saturated carbocycles. The third-order valence-corrected chi connectivity index (χ3v) is 4.46. The summed E-state index contributed by atoms with van der Waals surface area (Å²) < 4.78 is 0. The van der Waals surface area contributed by atoms with E-state index in [1.54, 1.807) is 0 Å². The fourth-order valence-electron chi connectivity index (χ4n) is 0.929. The van der Waals surface area contributed by atoms with Crippen LogP contribution in [0.15, 0.2) is 0 Å². The second-order valence-corrected chi connectivity index (χ2v) is 5.18. The molecule has 0 aromatic carbocycles. The predicted molar refractivity (Wildman–Crippen MR) is 66.7 cm³/mol. The Morgan fingerprint density at radius 3 is 0.867 bits per heavy atom. The molecule has 15 heavy (non-hydrogen) atoms. The third kappa shape index (κ3) is 6.02. The van der Waals surface area contributed by atoms with Gasteiger partial charge < -0.3 is 0 Å². The van der Waals surface area contributed by atoms with Crippen molar-refractivity contribution in [2.45, 2.75) is 27.7 Å². The van der Waals surface area contributed by atoms with Crippen LogP contribution in [-0.2, 0) is 17.1 Å². The first-order valence-electron chi connectivity index (χ1n) is 4.69. The van der Waals surface area contributed by atoms with E-state index in [4.69, 9.17) is 0 Å². The Bertz CT molecular complexity index is 130. The third-order valence-electron chi connectivity index (χ3n) is 2.32. The van der Waals surface area contributed by atoms with Gasteiger partial charge in [0.2, 0.25) is 0 Å². The van der Waals surface area contributed by atoms with Gasteiger partial charge in [-0.3, -0.25) is 0 Å². The summed E-state index contributed by atoms with van der Waals surface area (Å²) in [6, 6.07) is 0. The molecule has 2 saturated heterocycles. The number of rotatable bonds is 0. The molecule has 2 rings (SSSR count). The van der Waals surface area contributed by atoms with Crippen LogP contribution in [0.4, 0.5) is 0 Å². The summed E-state index contributed by atoms with van der Waals surface area (Å²) in [5.41, 5.74) is 0. The van der Waals surface area contributed by atoms with Crippen LogP contribution >= 0.6 is 17.2 Å². The smallest absolute Gasteiger partial charge is 0.0715 e. The molecule has 0 nitrogen and oxygen atoms in total. The minimum absolute atomic E-state index is 0. The molecule has 0 unspecified atom stereocenters. The van der Waals surface area contributed by atoms with Gasteiger partial charge in [-0.2, -0.15) is 0 Å². The predicted octanol–water partition coefficient (Wildman–Crippen LogP) is 4.91. The molecule has 0 spiro atoms. The topological polar surface area (TPSA) is 0 Å². The van der Waals surface area contributed by atoms with Crippen molar-refractivity contribution in [3.63, 3.8) is 0 Å². The van der Waals surface area contributed by atoms with Crippen molar-refractivity contribution in [1.82, 2.24) is 0 Å². The van der Waals surface area contributed by atoms with Crippen LogP contribution in [0.1, 0.15) is 27.7 Å². The molecule has 0 bridgehead atoms. The molecule has 0 atom stereocenters. The molecular formula is C12H16FeP2+2. The SMILES string of the molecule is C[C]1[CH][P][CH][C]1C.C[C]1[CH][P][CH][C]1C.[Fe+2]. The maximum Gasteiger partial charge on any atom is 2.00 e. The monoisotopic (exact) mass is 278 g/mol. The van der Waals surface area contributed by atoms with Crippen molar-refractivity contribution in [2.24, 2.45) is 0 Å². The zero-order valence-electron chi connectivity index (χ0n) is 9.56. The normalized spacial score (nSPS) is 24.8. The molecule has 2 aliphatic heterocycles. The Balaban J connectivity index is 0.000000245. The molecule has 2 aliphatic rings. The van der Waals surface area contributed by atoms with Crippen LogP contribution in [0, 0.1) is 48.3 Å². The molecule has 0 aliphatic carbocycles. The van der Waals surface area contributed by atoms with Crippen molar-refractivity contribution < 1.29 is 17.1 Å². The molecule has 80 valence electrons. The standard InChI is InChI=1S/2C6H8P.Fe/c2*1-5-3-7-4-6(5)2;/h2*3-4H,1-2H3;/q;;+2. The molecule has 0 aromatic heterocycles. The van der Waals surface area contributed by atoms with Crippen LogP contribution in [0.5, 0.6) is 0 Å². The summed E-state index contributed by atoms with van der Waals surface area (Å²) in [5.74, 6) is 5.73. The Morgan fingerprint density at radius 2 is 0.800 bits per heavy atom. The zero-order valence-corrected chi connectivity index (χ0v) is 12.5. The summed E-state index contributed by atoms with van der Waals surface area (Å²) in [6.45, 7) is 8.58. The Hall–Kier alpha value is 1.38. The van der Waals surface area contributed by atoms with Gasteiger partial charge in [-0.15, -0.1) is 0 Å². The fraction of sp³-hybridized carbons (Fsp3) is 0.333. The van der Waals surface area contributed by atoms with Crippen LogP contribution < -0.4 is 0 Å². The summed E-state index contributed by atoms with van der Waals surface area (Å²) in [4.78, 5) is 0. The minimum atomic E-state index is 0. The molecule has 2 fully saturated rings. The quantitative estimate of drug-likeness (QED) is 0.436. The van der Waals surface area contributed by atoms with E-state index in [0.717, 1.165) is 0 Å². The largest absolute Gasteiger partial charge is 2.00 e. The van der Waals surface area contributed by atoms with E-state index in [9.17, 15) is 0 Å². The maximum atomic E-state index is 2.22. The molecule has 10 radical (unpaired) electrons. The van der Waals surface area contributed by atoms with Crippen molar-refractivity contribution in [2.75, 3.05) is 0 Å².